The third-order valence-corrected chi connectivity index (χ3v) is 1.37. The van der Waals surface area contributed by atoms with Gasteiger partial charge < -0.3 is 19.8 Å². The Balaban J connectivity index is 2.89. The third-order valence-electron chi connectivity index (χ3n) is 1.37. The monoisotopic (exact) mass is 182 g/mol. The van der Waals surface area contributed by atoms with Gasteiger partial charge in [-0.05, 0) is 12.1 Å². The molecule has 3 N–H and O–H groups in total. The van der Waals surface area contributed by atoms with Crippen molar-refractivity contribution < 1.29 is 24.6 Å². The third kappa shape index (κ3) is 2.46. The van der Waals surface area contributed by atoms with Crippen LogP contribution < -0.4 is 4.65 Å². The van der Waals surface area contributed by atoms with E-state index in [9.17, 15) is 4.79 Å². The first kappa shape index (κ1) is 9.56. The van der Waals surface area contributed by atoms with Gasteiger partial charge in [0.05, 0.1) is 5.56 Å². The van der Waals surface area contributed by atoms with Crippen LogP contribution in [0.2, 0.25) is 0 Å². The van der Waals surface area contributed by atoms with Crippen LogP contribution in [0, 0.1) is 0 Å². The van der Waals surface area contributed by atoms with Gasteiger partial charge in [-0.15, -0.1) is 0 Å². The van der Waals surface area contributed by atoms with E-state index in [0.29, 0.717) is 6.29 Å². The Morgan fingerprint density at radius 2 is 2.08 bits per heavy atom. The van der Waals surface area contributed by atoms with Gasteiger partial charge in [0, 0.05) is 6.07 Å². The minimum atomic E-state index is -1.94. The van der Waals surface area contributed by atoms with Crippen molar-refractivity contribution in [2.24, 2.45) is 0 Å². The molecule has 0 saturated heterocycles. The van der Waals surface area contributed by atoms with Gasteiger partial charge in [-0.2, -0.15) is 0 Å². The van der Waals surface area contributed by atoms with Crippen molar-refractivity contribution in [2.75, 3.05) is 0 Å². The average molecular weight is 182 g/mol. The largest absolute Gasteiger partial charge is 0.707 e. The van der Waals surface area contributed by atoms with Crippen LogP contribution in [0.15, 0.2) is 18.2 Å². The Kier molecular flexibility index (Phi) is 2.89. The Morgan fingerprint density at radius 1 is 1.38 bits per heavy atom. The topological polar surface area (TPSA) is 87.0 Å². The summed E-state index contributed by atoms with van der Waals surface area (Å²) in [4.78, 5) is 10.3. The van der Waals surface area contributed by atoms with E-state index in [1.54, 1.807) is 0 Å². The standard InChI is InChI=1S/C7H7BO5/c9-4-5-1-2-6(3-7(5)10)13-8(11)12/h1-4,10-12H. The highest BCUT2D eigenvalue weighted by atomic mass is 16.6. The number of carbonyl (C=O) groups excluding carboxylic acids is 1. The Bertz CT molecular complexity index is 312. The number of benzene rings is 1. The fraction of sp³-hybridized carbons (Fsp3) is 0. The van der Waals surface area contributed by atoms with Gasteiger partial charge in [-0.25, -0.2) is 0 Å². The van der Waals surface area contributed by atoms with Crippen LogP contribution in [0.4, 0.5) is 0 Å². The van der Waals surface area contributed by atoms with E-state index in [2.05, 4.69) is 4.65 Å². The minimum absolute atomic E-state index is 0.0677. The van der Waals surface area contributed by atoms with Crippen LogP contribution in [0.25, 0.3) is 0 Å². The number of aldehydes is 1. The summed E-state index contributed by atoms with van der Waals surface area (Å²) in [7, 11) is -1.94. The summed E-state index contributed by atoms with van der Waals surface area (Å²) in [5.41, 5.74) is 0.111. The summed E-state index contributed by atoms with van der Waals surface area (Å²) in [6, 6.07) is 3.76. The molecule has 1 rings (SSSR count). The summed E-state index contributed by atoms with van der Waals surface area (Å²) in [5, 5.41) is 25.9. The lowest BCUT2D eigenvalue weighted by Gasteiger charge is -2.05. The second-order valence-corrected chi connectivity index (χ2v) is 2.28. The molecule has 0 bridgehead atoms. The SMILES string of the molecule is O=Cc1ccc(OB(O)O)cc1O. The second-order valence-electron chi connectivity index (χ2n) is 2.28. The Labute approximate surface area is 74.4 Å². The van der Waals surface area contributed by atoms with Crippen molar-refractivity contribution in [2.45, 2.75) is 0 Å². The predicted molar refractivity (Wildman–Crippen MR) is 44.3 cm³/mol. The van der Waals surface area contributed by atoms with Crippen LogP contribution in [0.1, 0.15) is 10.4 Å². The number of rotatable bonds is 3. The summed E-state index contributed by atoms with van der Waals surface area (Å²) < 4.78 is 4.43. The fourth-order valence-electron chi connectivity index (χ4n) is 0.818. The van der Waals surface area contributed by atoms with E-state index in [1.807, 2.05) is 0 Å². The molecule has 0 aliphatic rings. The quantitative estimate of drug-likeness (QED) is 0.435. The zero-order chi connectivity index (χ0) is 9.84. The summed E-state index contributed by atoms with van der Waals surface area (Å²) >= 11 is 0. The van der Waals surface area contributed by atoms with E-state index >= 15 is 0 Å². The van der Waals surface area contributed by atoms with Crippen LogP contribution in [-0.2, 0) is 0 Å². The Hall–Kier alpha value is -1.53. The fourth-order valence-corrected chi connectivity index (χ4v) is 0.818. The number of hydrogen-bond donors (Lipinski definition) is 3. The number of phenols is 1. The van der Waals surface area contributed by atoms with Crippen LogP contribution >= 0.6 is 0 Å². The zero-order valence-corrected chi connectivity index (χ0v) is 6.54. The molecule has 6 heteroatoms. The molecular weight excluding hydrogens is 175 g/mol. The van der Waals surface area contributed by atoms with Crippen molar-refractivity contribution in [3.63, 3.8) is 0 Å². The van der Waals surface area contributed by atoms with E-state index in [1.165, 1.54) is 12.1 Å². The van der Waals surface area contributed by atoms with Crippen LogP contribution in [0.5, 0.6) is 11.5 Å². The molecule has 0 heterocycles. The molecule has 5 nitrogen and oxygen atoms in total. The summed E-state index contributed by atoms with van der Waals surface area (Å²) in [6.07, 6.45) is 0.481. The van der Waals surface area contributed by atoms with Gasteiger partial charge in [0.2, 0.25) is 0 Å². The number of hydrogen-bond acceptors (Lipinski definition) is 5. The van der Waals surface area contributed by atoms with Gasteiger partial charge in [-0.3, -0.25) is 4.79 Å². The zero-order valence-electron chi connectivity index (χ0n) is 6.54. The summed E-state index contributed by atoms with van der Waals surface area (Å²) in [6.45, 7) is 0. The number of aromatic hydroxyl groups is 1. The molecule has 0 atom stereocenters. The van der Waals surface area contributed by atoms with Gasteiger partial charge in [0.1, 0.15) is 11.5 Å². The van der Waals surface area contributed by atoms with Crippen molar-refractivity contribution in [1.29, 1.82) is 0 Å². The van der Waals surface area contributed by atoms with Crippen molar-refractivity contribution >= 4 is 13.6 Å². The molecule has 1 aromatic rings. The molecule has 1 aromatic carbocycles. The highest BCUT2D eigenvalue weighted by Gasteiger charge is 2.12. The van der Waals surface area contributed by atoms with Crippen molar-refractivity contribution in [3.8, 4) is 11.5 Å². The van der Waals surface area contributed by atoms with E-state index in [4.69, 9.17) is 15.2 Å². The second kappa shape index (κ2) is 3.93. The average Bonchev–Trinajstić information content (AvgIpc) is 2.03. The summed E-state index contributed by atoms with van der Waals surface area (Å²) in [5.74, 6) is -0.203. The van der Waals surface area contributed by atoms with Gasteiger partial charge in [0.15, 0.2) is 6.29 Å². The predicted octanol–water partition coefficient (Wildman–Crippen LogP) is -0.447. The smallest absolute Gasteiger partial charge is 0.512 e. The first-order valence-electron chi connectivity index (χ1n) is 3.44. The van der Waals surface area contributed by atoms with E-state index in [-0.39, 0.29) is 17.1 Å². The molecule has 0 unspecified atom stereocenters. The normalized spacial score (nSPS) is 9.38. The first-order chi connectivity index (χ1) is 6.13. The lowest BCUT2D eigenvalue weighted by atomic mass is 10.2. The van der Waals surface area contributed by atoms with Crippen LogP contribution in [-0.4, -0.2) is 28.8 Å². The van der Waals surface area contributed by atoms with E-state index < -0.39 is 7.32 Å². The maximum atomic E-state index is 10.3. The molecule has 0 fully saturated rings. The molecular formula is C7H7BO5. The molecule has 0 aliphatic heterocycles. The van der Waals surface area contributed by atoms with Gasteiger partial charge in [0.25, 0.3) is 0 Å². The molecule has 0 aliphatic carbocycles. The maximum Gasteiger partial charge on any atom is 0.707 e. The van der Waals surface area contributed by atoms with Gasteiger partial charge >= 0.3 is 7.32 Å². The molecule has 0 saturated carbocycles. The highest BCUT2D eigenvalue weighted by Crippen LogP contribution is 2.21. The first-order valence-corrected chi connectivity index (χ1v) is 3.44. The minimum Gasteiger partial charge on any atom is -0.512 e. The molecule has 13 heavy (non-hydrogen) atoms. The highest BCUT2D eigenvalue weighted by molar-refractivity contribution is 6.33. The number of carbonyl (C=O) groups is 1. The van der Waals surface area contributed by atoms with Crippen molar-refractivity contribution in [3.05, 3.63) is 23.8 Å². The molecule has 0 radical (unpaired) electrons. The van der Waals surface area contributed by atoms with Crippen LogP contribution in [0.3, 0.4) is 0 Å². The number of phenolic OH excluding ortho intramolecular Hbond substituents is 1. The molecule has 0 amide bonds. The van der Waals surface area contributed by atoms with Crippen molar-refractivity contribution in [1.82, 2.24) is 0 Å². The molecule has 0 spiro atoms. The lowest BCUT2D eigenvalue weighted by molar-refractivity contribution is 0.112. The molecule has 68 valence electrons. The lowest BCUT2D eigenvalue weighted by Crippen LogP contribution is -2.20. The van der Waals surface area contributed by atoms with Gasteiger partial charge in [-0.1, -0.05) is 0 Å². The van der Waals surface area contributed by atoms with E-state index in [0.717, 1.165) is 6.07 Å². The Morgan fingerprint density at radius 3 is 2.54 bits per heavy atom. The molecule has 0 aromatic heterocycles. The maximum absolute atomic E-state index is 10.3.